The average molecular weight is 324 g/mol. The van der Waals surface area contributed by atoms with Gasteiger partial charge in [0.2, 0.25) is 0 Å². The molecule has 1 aromatic carbocycles. The van der Waals surface area contributed by atoms with Crippen molar-refractivity contribution in [2.24, 2.45) is 11.3 Å². The molecule has 3 aliphatic heterocycles. The second kappa shape index (κ2) is 3.98. The van der Waals surface area contributed by atoms with Gasteiger partial charge in [-0.05, 0) is 68.7 Å². The third-order valence-electron chi connectivity index (χ3n) is 8.41. The second-order valence-electron chi connectivity index (χ2n) is 8.86. The number of fused-ring (bicyclic) bond motifs is 3. The lowest BCUT2D eigenvalue weighted by molar-refractivity contribution is -0.168. The molecule has 24 heavy (non-hydrogen) atoms. The Morgan fingerprint density at radius 1 is 1.17 bits per heavy atom. The minimum Gasteiger partial charge on any atom is -0.481 e. The van der Waals surface area contributed by atoms with E-state index in [1.807, 2.05) is 0 Å². The Balaban J connectivity index is 1.67. The molecule has 2 saturated heterocycles. The van der Waals surface area contributed by atoms with Gasteiger partial charge in [0.1, 0.15) is 0 Å². The van der Waals surface area contributed by atoms with Crippen LogP contribution in [0.3, 0.4) is 0 Å². The van der Waals surface area contributed by atoms with Crippen LogP contribution < -0.4 is 5.32 Å². The number of aliphatic carboxylic acids is 1. The summed E-state index contributed by atoms with van der Waals surface area (Å²) in [5.41, 5.74) is 2.56. The normalized spacial score (nSPS) is 47.7. The van der Waals surface area contributed by atoms with Crippen LogP contribution >= 0.6 is 0 Å². The van der Waals surface area contributed by atoms with Crippen molar-refractivity contribution in [1.29, 1.82) is 0 Å². The van der Waals surface area contributed by atoms with Crippen LogP contribution in [0.1, 0.15) is 44.1 Å². The highest BCUT2D eigenvalue weighted by Gasteiger charge is 2.78. The van der Waals surface area contributed by atoms with Crippen molar-refractivity contribution in [3.05, 3.63) is 29.8 Å². The number of anilines is 1. The van der Waals surface area contributed by atoms with Crippen LogP contribution in [-0.4, -0.2) is 40.6 Å². The number of nitrogens with one attached hydrogen (secondary N) is 1. The first-order valence-corrected chi connectivity index (χ1v) is 9.48. The van der Waals surface area contributed by atoms with Gasteiger partial charge < -0.3 is 10.4 Å². The molecule has 4 heteroatoms. The highest BCUT2D eigenvalue weighted by molar-refractivity contribution is 5.79. The van der Waals surface area contributed by atoms with Gasteiger partial charge in [0.25, 0.3) is 0 Å². The Morgan fingerprint density at radius 3 is 2.92 bits per heavy atom. The first-order chi connectivity index (χ1) is 11.6. The van der Waals surface area contributed by atoms with Gasteiger partial charge in [0.05, 0.1) is 11.5 Å². The third kappa shape index (κ3) is 1.20. The number of carbonyl (C=O) groups is 1. The fourth-order valence-corrected chi connectivity index (χ4v) is 7.90. The molecule has 7 rings (SSSR count). The molecular formula is C20H24N2O2. The summed E-state index contributed by atoms with van der Waals surface area (Å²) in [6, 6.07) is 9.22. The molecule has 4 nitrogen and oxygen atoms in total. The molecule has 0 radical (unpaired) electrons. The van der Waals surface area contributed by atoms with E-state index in [0.717, 1.165) is 25.8 Å². The summed E-state index contributed by atoms with van der Waals surface area (Å²) >= 11 is 0. The van der Waals surface area contributed by atoms with E-state index in [1.54, 1.807) is 0 Å². The minimum atomic E-state index is -0.587. The number of carboxylic acids is 1. The SMILES string of the molecule is O=C(O)C1C[C@@]23CCCN4CC[C@@]5(c6ccccc6N[C@]15CC2)[C@@H]43. The quantitative estimate of drug-likeness (QED) is 0.834. The van der Waals surface area contributed by atoms with E-state index in [4.69, 9.17) is 0 Å². The van der Waals surface area contributed by atoms with Crippen molar-refractivity contribution >= 4 is 11.7 Å². The maximum absolute atomic E-state index is 12.3. The topological polar surface area (TPSA) is 52.6 Å². The molecule has 5 fully saturated rings. The fourth-order valence-electron chi connectivity index (χ4n) is 7.90. The number of hydrogen-bond acceptors (Lipinski definition) is 3. The highest BCUT2D eigenvalue weighted by Crippen LogP contribution is 2.74. The van der Waals surface area contributed by atoms with Crippen LogP contribution in [0.15, 0.2) is 24.3 Å². The molecule has 2 bridgehead atoms. The van der Waals surface area contributed by atoms with Gasteiger partial charge in [0, 0.05) is 17.1 Å². The average Bonchev–Trinajstić information content (AvgIpc) is 3.13. The van der Waals surface area contributed by atoms with Crippen molar-refractivity contribution in [3.8, 4) is 0 Å². The zero-order chi connectivity index (χ0) is 16.2. The van der Waals surface area contributed by atoms with Crippen molar-refractivity contribution in [3.63, 3.8) is 0 Å². The molecule has 6 aliphatic rings. The van der Waals surface area contributed by atoms with Crippen LogP contribution in [0.2, 0.25) is 0 Å². The summed E-state index contributed by atoms with van der Waals surface area (Å²) in [6.45, 7) is 2.33. The summed E-state index contributed by atoms with van der Waals surface area (Å²) in [4.78, 5) is 15.0. The summed E-state index contributed by atoms with van der Waals surface area (Å²) in [7, 11) is 0. The van der Waals surface area contributed by atoms with E-state index >= 15 is 0 Å². The molecule has 0 amide bonds. The zero-order valence-electron chi connectivity index (χ0n) is 13.9. The predicted octanol–water partition coefficient (Wildman–Crippen LogP) is 2.84. The largest absolute Gasteiger partial charge is 0.481 e. The fraction of sp³-hybridized carbons (Fsp3) is 0.650. The van der Waals surface area contributed by atoms with Crippen molar-refractivity contribution < 1.29 is 9.90 Å². The summed E-state index contributed by atoms with van der Waals surface area (Å²) in [5.74, 6) is -0.843. The van der Waals surface area contributed by atoms with Crippen LogP contribution in [-0.2, 0) is 10.2 Å². The number of hydrogen-bond donors (Lipinski definition) is 2. The van der Waals surface area contributed by atoms with Crippen molar-refractivity contribution in [2.75, 3.05) is 18.4 Å². The summed E-state index contributed by atoms with van der Waals surface area (Å²) in [5, 5.41) is 13.9. The number of benzene rings is 1. The summed E-state index contributed by atoms with van der Waals surface area (Å²) in [6.07, 6.45) is 6.65. The highest BCUT2D eigenvalue weighted by atomic mass is 16.4. The van der Waals surface area contributed by atoms with Crippen molar-refractivity contribution in [1.82, 2.24) is 4.90 Å². The first kappa shape index (κ1) is 13.7. The summed E-state index contributed by atoms with van der Waals surface area (Å²) < 4.78 is 0. The molecule has 3 spiro atoms. The molecule has 0 aromatic heterocycles. The molecule has 3 heterocycles. The van der Waals surface area contributed by atoms with E-state index < -0.39 is 5.97 Å². The van der Waals surface area contributed by atoms with E-state index in [1.165, 1.54) is 37.1 Å². The predicted molar refractivity (Wildman–Crippen MR) is 91.1 cm³/mol. The Hall–Kier alpha value is -1.55. The Bertz CT molecular complexity index is 764. The Kier molecular flexibility index (Phi) is 2.28. The van der Waals surface area contributed by atoms with Gasteiger partial charge in [-0.1, -0.05) is 18.2 Å². The van der Waals surface area contributed by atoms with Gasteiger partial charge in [-0.15, -0.1) is 0 Å². The number of piperidine rings is 1. The van der Waals surface area contributed by atoms with Crippen LogP contribution in [0, 0.1) is 11.3 Å². The molecule has 126 valence electrons. The number of rotatable bonds is 1. The van der Waals surface area contributed by atoms with E-state index in [-0.39, 0.29) is 22.3 Å². The molecule has 5 atom stereocenters. The van der Waals surface area contributed by atoms with Gasteiger partial charge in [-0.25, -0.2) is 0 Å². The van der Waals surface area contributed by atoms with E-state index in [2.05, 4.69) is 34.5 Å². The lowest BCUT2D eigenvalue weighted by Gasteiger charge is -2.68. The molecule has 1 aromatic rings. The van der Waals surface area contributed by atoms with Crippen LogP contribution in [0.5, 0.6) is 0 Å². The Morgan fingerprint density at radius 2 is 2.04 bits per heavy atom. The zero-order valence-corrected chi connectivity index (χ0v) is 13.9. The minimum absolute atomic E-state index is 0.00354. The molecule has 3 saturated carbocycles. The second-order valence-corrected chi connectivity index (χ2v) is 8.86. The Labute approximate surface area is 142 Å². The maximum Gasteiger partial charge on any atom is 0.308 e. The third-order valence-corrected chi connectivity index (χ3v) is 8.41. The van der Waals surface area contributed by atoms with Gasteiger partial charge in [-0.3, -0.25) is 9.69 Å². The monoisotopic (exact) mass is 324 g/mol. The number of nitrogens with zero attached hydrogens (tertiary/aromatic N) is 1. The number of carboxylic acid groups (broad SMARTS) is 1. The smallest absolute Gasteiger partial charge is 0.308 e. The van der Waals surface area contributed by atoms with Gasteiger partial charge in [-0.2, -0.15) is 0 Å². The molecule has 2 N–H and O–H groups in total. The van der Waals surface area contributed by atoms with E-state index in [0.29, 0.717) is 6.04 Å². The van der Waals surface area contributed by atoms with E-state index in [9.17, 15) is 9.90 Å². The molecule has 1 unspecified atom stereocenters. The maximum atomic E-state index is 12.3. The molecular weight excluding hydrogens is 300 g/mol. The lowest BCUT2D eigenvalue weighted by Crippen LogP contribution is -2.76. The molecule has 3 aliphatic carbocycles. The lowest BCUT2D eigenvalue weighted by atomic mass is 9.39. The van der Waals surface area contributed by atoms with Gasteiger partial charge in [0.15, 0.2) is 0 Å². The number of para-hydroxylation sites is 1. The van der Waals surface area contributed by atoms with Crippen molar-refractivity contribution in [2.45, 2.75) is 55.5 Å². The van der Waals surface area contributed by atoms with Crippen LogP contribution in [0.4, 0.5) is 5.69 Å². The van der Waals surface area contributed by atoms with Gasteiger partial charge >= 0.3 is 5.97 Å². The first-order valence-electron chi connectivity index (χ1n) is 9.48. The van der Waals surface area contributed by atoms with Crippen LogP contribution in [0.25, 0.3) is 0 Å². The standard InChI is InChI=1S/C20H24N2O2/c23-16(24)14-12-18-6-3-10-22-11-9-19(17(18)22)13-4-1-2-5-15(13)21-20(14,19)8-7-18/h1-2,4-5,14,17,21H,3,6-12H2,(H,23,24)/t14?,17-,18+,19+,20+/m0/s1.